The number of nitrogens with one attached hydrogen (secondary N) is 1. The zero-order valence-corrected chi connectivity index (χ0v) is 14.0. The van der Waals surface area contributed by atoms with E-state index in [-0.39, 0.29) is 10.8 Å². The van der Waals surface area contributed by atoms with E-state index in [9.17, 15) is 8.42 Å². The Kier molecular flexibility index (Phi) is 4.79. The number of sulfonamides is 1. The molecule has 6 heteroatoms. The van der Waals surface area contributed by atoms with Gasteiger partial charge in [-0.3, -0.25) is 0 Å². The third-order valence-electron chi connectivity index (χ3n) is 4.96. The monoisotopic (exact) mass is 303 g/mol. The van der Waals surface area contributed by atoms with Gasteiger partial charge in [0.25, 0.3) is 0 Å². The Hall–Kier alpha value is -0.170. The van der Waals surface area contributed by atoms with Crippen molar-refractivity contribution < 1.29 is 8.42 Å². The molecule has 1 unspecified atom stereocenters. The molecule has 2 fully saturated rings. The van der Waals surface area contributed by atoms with Crippen molar-refractivity contribution in [3.05, 3.63) is 0 Å². The van der Waals surface area contributed by atoms with Crippen LogP contribution in [0.1, 0.15) is 39.0 Å². The van der Waals surface area contributed by atoms with Gasteiger partial charge < -0.3 is 10.2 Å². The molecule has 0 bridgehead atoms. The molecule has 0 amide bonds. The molecule has 1 atom stereocenters. The number of likely N-dealkylation sites (N-methyl/N-ethyl adjacent to an activating group) is 2. The predicted molar refractivity (Wildman–Crippen MR) is 82.3 cm³/mol. The molecule has 0 spiro atoms. The molecule has 0 aromatic carbocycles. The Morgan fingerprint density at radius 2 is 1.85 bits per heavy atom. The highest BCUT2D eigenvalue weighted by Crippen LogP contribution is 2.37. The fraction of sp³-hybridized carbons (Fsp3) is 1.00. The van der Waals surface area contributed by atoms with Crippen LogP contribution in [0.3, 0.4) is 0 Å². The first-order valence-electron chi connectivity index (χ1n) is 7.64. The molecule has 2 aliphatic rings. The SMILES string of the molecule is CC(CNC1CC1)S(=O)(=O)N(C)CC1(N(C)C)CCC1. The first-order valence-corrected chi connectivity index (χ1v) is 9.14. The van der Waals surface area contributed by atoms with Gasteiger partial charge in [0.2, 0.25) is 10.0 Å². The summed E-state index contributed by atoms with van der Waals surface area (Å²) in [5.74, 6) is 0. The maximum Gasteiger partial charge on any atom is 0.217 e. The lowest BCUT2D eigenvalue weighted by Crippen LogP contribution is -2.58. The van der Waals surface area contributed by atoms with Gasteiger partial charge >= 0.3 is 0 Å². The van der Waals surface area contributed by atoms with Crippen LogP contribution in [0.25, 0.3) is 0 Å². The maximum absolute atomic E-state index is 12.6. The molecule has 1 N–H and O–H groups in total. The predicted octanol–water partition coefficient (Wildman–Crippen LogP) is 0.873. The lowest BCUT2D eigenvalue weighted by molar-refractivity contribution is 0.0453. The minimum Gasteiger partial charge on any atom is -0.313 e. The highest BCUT2D eigenvalue weighted by Gasteiger charge is 2.42. The molecule has 2 aliphatic carbocycles. The van der Waals surface area contributed by atoms with Crippen molar-refractivity contribution in [1.29, 1.82) is 0 Å². The van der Waals surface area contributed by atoms with Crippen molar-refractivity contribution >= 4 is 10.0 Å². The van der Waals surface area contributed by atoms with Crippen LogP contribution in [0, 0.1) is 0 Å². The van der Waals surface area contributed by atoms with Crippen molar-refractivity contribution in [1.82, 2.24) is 14.5 Å². The second-order valence-corrected chi connectivity index (χ2v) is 9.22. The zero-order valence-electron chi connectivity index (χ0n) is 13.2. The van der Waals surface area contributed by atoms with E-state index >= 15 is 0 Å². The summed E-state index contributed by atoms with van der Waals surface area (Å²) in [6.07, 6.45) is 5.76. The summed E-state index contributed by atoms with van der Waals surface area (Å²) >= 11 is 0. The molecule has 0 heterocycles. The van der Waals surface area contributed by atoms with E-state index in [0.29, 0.717) is 19.1 Å². The van der Waals surface area contributed by atoms with Crippen LogP contribution >= 0.6 is 0 Å². The Morgan fingerprint density at radius 1 is 1.25 bits per heavy atom. The molecule has 5 nitrogen and oxygen atoms in total. The normalized spacial score (nSPS) is 23.9. The summed E-state index contributed by atoms with van der Waals surface area (Å²) in [5, 5.41) is 2.96. The molecule has 0 radical (unpaired) electrons. The van der Waals surface area contributed by atoms with E-state index in [4.69, 9.17) is 0 Å². The molecule has 0 aromatic heterocycles. The van der Waals surface area contributed by atoms with Crippen molar-refractivity contribution in [3.8, 4) is 0 Å². The summed E-state index contributed by atoms with van der Waals surface area (Å²) in [4.78, 5) is 2.19. The van der Waals surface area contributed by atoms with Gasteiger partial charge in [0, 0.05) is 31.7 Å². The molecule has 0 saturated heterocycles. The topological polar surface area (TPSA) is 52.7 Å². The highest BCUT2D eigenvalue weighted by atomic mass is 32.2. The fourth-order valence-corrected chi connectivity index (χ4v) is 4.21. The van der Waals surface area contributed by atoms with Gasteiger partial charge in [-0.2, -0.15) is 0 Å². The van der Waals surface area contributed by atoms with Crippen LogP contribution in [0.2, 0.25) is 0 Å². The van der Waals surface area contributed by atoms with E-state index in [1.807, 2.05) is 6.92 Å². The molecule has 20 heavy (non-hydrogen) atoms. The third-order valence-corrected chi connectivity index (χ3v) is 7.15. The highest BCUT2D eigenvalue weighted by molar-refractivity contribution is 7.89. The van der Waals surface area contributed by atoms with E-state index < -0.39 is 10.0 Å². The quantitative estimate of drug-likeness (QED) is 0.723. The summed E-state index contributed by atoms with van der Waals surface area (Å²) in [6, 6.07) is 0.553. The molecule has 0 aromatic rings. The van der Waals surface area contributed by atoms with Gasteiger partial charge in [-0.25, -0.2) is 12.7 Å². The second-order valence-electron chi connectivity index (χ2n) is 6.77. The standard InChI is InChI=1S/C14H29N3O2S/c1-12(10-15-13-6-7-13)20(18,19)17(4)11-14(16(2)3)8-5-9-14/h12-13,15H,5-11H2,1-4H3. The van der Waals surface area contributed by atoms with E-state index in [2.05, 4.69) is 24.3 Å². The Morgan fingerprint density at radius 3 is 2.25 bits per heavy atom. The number of hydrogen-bond donors (Lipinski definition) is 1. The smallest absolute Gasteiger partial charge is 0.217 e. The molecule has 2 saturated carbocycles. The van der Waals surface area contributed by atoms with Crippen LogP contribution in [0.15, 0.2) is 0 Å². The number of hydrogen-bond acceptors (Lipinski definition) is 4. The fourth-order valence-electron chi connectivity index (χ4n) is 2.87. The summed E-state index contributed by atoms with van der Waals surface area (Å²) < 4.78 is 26.7. The van der Waals surface area contributed by atoms with Crippen molar-refractivity contribution in [3.63, 3.8) is 0 Å². The lowest BCUT2D eigenvalue weighted by Gasteiger charge is -2.49. The van der Waals surface area contributed by atoms with E-state index in [1.54, 1.807) is 11.4 Å². The summed E-state index contributed by atoms with van der Waals surface area (Å²) in [5.41, 5.74) is 0.0471. The maximum atomic E-state index is 12.6. The van der Waals surface area contributed by atoms with E-state index in [1.165, 1.54) is 19.3 Å². The van der Waals surface area contributed by atoms with Gasteiger partial charge in [-0.1, -0.05) is 0 Å². The minimum absolute atomic E-state index is 0.0471. The first kappa shape index (κ1) is 16.2. The van der Waals surface area contributed by atoms with Gasteiger partial charge in [0.15, 0.2) is 0 Å². The second kappa shape index (κ2) is 5.91. The molecular weight excluding hydrogens is 274 g/mol. The van der Waals surface area contributed by atoms with Crippen molar-refractivity contribution in [2.24, 2.45) is 0 Å². The van der Waals surface area contributed by atoms with Gasteiger partial charge in [-0.15, -0.1) is 0 Å². The average Bonchev–Trinajstić information content (AvgIpc) is 3.13. The average molecular weight is 303 g/mol. The molecular formula is C14H29N3O2S. The van der Waals surface area contributed by atoms with Crippen LogP contribution in [0.4, 0.5) is 0 Å². The molecule has 118 valence electrons. The van der Waals surface area contributed by atoms with Crippen molar-refractivity contribution in [2.75, 3.05) is 34.2 Å². The Labute approximate surface area is 123 Å². The van der Waals surface area contributed by atoms with Crippen LogP contribution in [-0.4, -0.2) is 68.7 Å². The van der Waals surface area contributed by atoms with Crippen LogP contribution in [-0.2, 0) is 10.0 Å². The third kappa shape index (κ3) is 3.35. The van der Waals surface area contributed by atoms with Gasteiger partial charge in [-0.05, 0) is 53.1 Å². The summed E-state index contributed by atoms with van der Waals surface area (Å²) in [6.45, 7) is 2.98. The van der Waals surface area contributed by atoms with E-state index in [0.717, 1.165) is 12.8 Å². The van der Waals surface area contributed by atoms with Crippen molar-refractivity contribution in [2.45, 2.75) is 55.9 Å². The van der Waals surface area contributed by atoms with Crippen LogP contribution in [0.5, 0.6) is 0 Å². The zero-order chi connectivity index (χ0) is 15.0. The first-order chi connectivity index (χ1) is 9.28. The summed E-state index contributed by atoms with van der Waals surface area (Å²) in [7, 11) is 2.63. The molecule has 0 aliphatic heterocycles. The lowest BCUT2D eigenvalue weighted by atomic mass is 9.75. The number of rotatable bonds is 8. The molecule has 2 rings (SSSR count). The minimum atomic E-state index is -3.21. The largest absolute Gasteiger partial charge is 0.313 e. The van der Waals surface area contributed by atoms with Gasteiger partial charge in [0.1, 0.15) is 0 Å². The van der Waals surface area contributed by atoms with Gasteiger partial charge in [0.05, 0.1) is 5.25 Å². The number of nitrogens with zero attached hydrogens (tertiary/aromatic N) is 2. The Bertz CT molecular complexity index is 428. The Balaban J connectivity index is 1.93. The van der Waals surface area contributed by atoms with Crippen LogP contribution < -0.4 is 5.32 Å².